The number of hydrogen-bond donors (Lipinski definition) is 1. The van der Waals surface area contributed by atoms with E-state index in [4.69, 9.17) is 9.15 Å². The van der Waals surface area contributed by atoms with Gasteiger partial charge in [0.15, 0.2) is 0 Å². The fraction of sp³-hybridized carbons (Fsp3) is 0.692. The summed E-state index contributed by atoms with van der Waals surface area (Å²) in [6.07, 6.45) is 2.91. The SMILES string of the molecule is CCC1COCCN1Cc1occc1CNC. The molecule has 96 valence electrons. The minimum absolute atomic E-state index is 0.524. The van der Waals surface area contributed by atoms with Crippen LogP contribution in [0.5, 0.6) is 0 Å². The van der Waals surface area contributed by atoms with E-state index in [0.29, 0.717) is 6.04 Å². The molecule has 1 aromatic heterocycles. The average Bonchev–Trinajstić information content (AvgIpc) is 2.78. The van der Waals surface area contributed by atoms with Crippen LogP contribution in [0.1, 0.15) is 24.7 Å². The third kappa shape index (κ3) is 3.09. The highest BCUT2D eigenvalue weighted by atomic mass is 16.5. The summed E-state index contributed by atoms with van der Waals surface area (Å²) in [7, 11) is 1.96. The Kier molecular flexibility index (Phi) is 4.59. The molecule has 17 heavy (non-hydrogen) atoms. The Labute approximate surface area is 103 Å². The van der Waals surface area contributed by atoms with Gasteiger partial charge in [0, 0.05) is 24.7 Å². The molecule has 1 aliphatic rings. The van der Waals surface area contributed by atoms with Gasteiger partial charge in [0.05, 0.1) is 26.0 Å². The van der Waals surface area contributed by atoms with Crippen molar-refractivity contribution in [3.63, 3.8) is 0 Å². The molecule has 1 saturated heterocycles. The van der Waals surface area contributed by atoms with Crippen molar-refractivity contribution in [2.75, 3.05) is 26.8 Å². The van der Waals surface area contributed by atoms with Gasteiger partial charge < -0.3 is 14.5 Å². The summed E-state index contributed by atoms with van der Waals surface area (Å²) in [5.41, 5.74) is 1.26. The van der Waals surface area contributed by atoms with Crippen LogP contribution in [0.4, 0.5) is 0 Å². The van der Waals surface area contributed by atoms with E-state index in [-0.39, 0.29) is 0 Å². The van der Waals surface area contributed by atoms with Crippen LogP contribution in [0.2, 0.25) is 0 Å². The fourth-order valence-electron chi connectivity index (χ4n) is 2.31. The fourth-order valence-corrected chi connectivity index (χ4v) is 2.31. The molecule has 1 atom stereocenters. The molecule has 1 aromatic rings. The van der Waals surface area contributed by atoms with Crippen molar-refractivity contribution >= 4 is 0 Å². The number of morpholine rings is 1. The van der Waals surface area contributed by atoms with Crippen LogP contribution in [-0.2, 0) is 17.8 Å². The van der Waals surface area contributed by atoms with Crippen LogP contribution in [0.3, 0.4) is 0 Å². The van der Waals surface area contributed by atoms with Gasteiger partial charge in [-0.3, -0.25) is 4.90 Å². The molecule has 1 fully saturated rings. The highest BCUT2D eigenvalue weighted by molar-refractivity contribution is 5.16. The first kappa shape index (κ1) is 12.6. The van der Waals surface area contributed by atoms with E-state index in [1.54, 1.807) is 6.26 Å². The molecule has 1 aliphatic heterocycles. The minimum Gasteiger partial charge on any atom is -0.468 e. The van der Waals surface area contributed by atoms with Crippen LogP contribution in [0.25, 0.3) is 0 Å². The number of hydrogen-bond acceptors (Lipinski definition) is 4. The Morgan fingerprint density at radius 3 is 3.18 bits per heavy atom. The van der Waals surface area contributed by atoms with Gasteiger partial charge in [-0.1, -0.05) is 6.92 Å². The summed E-state index contributed by atoms with van der Waals surface area (Å²) in [5, 5.41) is 3.17. The summed E-state index contributed by atoms with van der Waals surface area (Å²) in [6, 6.07) is 2.57. The molecule has 1 N–H and O–H groups in total. The number of ether oxygens (including phenoxy) is 1. The second-order valence-electron chi connectivity index (χ2n) is 4.51. The lowest BCUT2D eigenvalue weighted by Crippen LogP contribution is -2.44. The monoisotopic (exact) mass is 238 g/mol. The van der Waals surface area contributed by atoms with Gasteiger partial charge in [-0.2, -0.15) is 0 Å². The quantitative estimate of drug-likeness (QED) is 0.845. The van der Waals surface area contributed by atoms with Crippen molar-refractivity contribution in [3.8, 4) is 0 Å². The molecule has 0 aromatic carbocycles. The van der Waals surface area contributed by atoms with Crippen LogP contribution in [-0.4, -0.2) is 37.7 Å². The van der Waals surface area contributed by atoms with E-state index in [2.05, 4.69) is 17.1 Å². The maximum Gasteiger partial charge on any atom is 0.122 e. The number of nitrogens with zero attached hydrogens (tertiary/aromatic N) is 1. The number of nitrogens with one attached hydrogen (secondary N) is 1. The standard InChI is InChI=1S/C13H22N2O2/c1-3-12-10-16-7-5-15(12)9-13-11(8-14-2)4-6-17-13/h4,6,12,14H,3,5,7-10H2,1-2H3. The lowest BCUT2D eigenvalue weighted by Gasteiger charge is -2.34. The maximum absolute atomic E-state index is 5.59. The van der Waals surface area contributed by atoms with E-state index in [0.717, 1.165) is 45.0 Å². The van der Waals surface area contributed by atoms with Crippen LogP contribution in [0, 0.1) is 0 Å². The van der Waals surface area contributed by atoms with E-state index in [9.17, 15) is 0 Å². The van der Waals surface area contributed by atoms with Crippen molar-refractivity contribution in [2.24, 2.45) is 0 Å². The molecular weight excluding hydrogens is 216 g/mol. The van der Waals surface area contributed by atoms with Crippen molar-refractivity contribution in [2.45, 2.75) is 32.5 Å². The first-order valence-corrected chi connectivity index (χ1v) is 6.36. The van der Waals surface area contributed by atoms with Gasteiger partial charge in [0.25, 0.3) is 0 Å². The number of furan rings is 1. The Bertz CT molecular complexity index is 338. The lowest BCUT2D eigenvalue weighted by atomic mass is 10.1. The normalized spacial score (nSPS) is 21.9. The van der Waals surface area contributed by atoms with Gasteiger partial charge in [-0.15, -0.1) is 0 Å². The zero-order valence-corrected chi connectivity index (χ0v) is 10.7. The Morgan fingerprint density at radius 1 is 1.53 bits per heavy atom. The predicted octanol–water partition coefficient (Wildman–Crippen LogP) is 1.61. The summed E-state index contributed by atoms with van der Waals surface area (Å²) in [6.45, 7) is 6.65. The van der Waals surface area contributed by atoms with E-state index in [1.807, 2.05) is 13.1 Å². The van der Waals surface area contributed by atoms with E-state index in [1.165, 1.54) is 5.56 Å². The van der Waals surface area contributed by atoms with Crippen molar-refractivity contribution in [1.82, 2.24) is 10.2 Å². The van der Waals surface area contributed by atoms with Gasteiger partial charge in [0.2, 0.25) is 0 Å². The highest BCUT2D eigenvalue weighted by Crippen LogP contribution is 2.18. The zero-order chi connectivity index (χ0) is 12.1. The maximum atomic E-state index is 5.59. The van der Waals surface area contributed by atoms with Gasteiger partial charge in [-0.05, 0) is 19.5 Å². The lowest BCUT2D eigenvalue weighted by molar-refractivity contribution is -0.0155. The zero-order valence-electron chi connectivity index (χ0n) is 10.7. The third-order valence-electron chi connectivity index (χ3n) is 3.37. The van der Waals surface area contributed by atoms with Crippen LogP contribution < -0.4 is 5.32 Å². The second-order valence-corrected chi connectivity index (χ2v) is 4.51. The molecule has 1 unspecified atom stereocenters. The van der Waals surface area contributed by atoms with Crippen molar-refractivity contribution in [3.05, 3.63) is 23.7 Å². The Hall–Kier alpha value is -0.840. The van der Waals surface area contributed by atoms with Crippen LogP contribution >= 0.6 is 0 Å². The minimum atomic E-state index is 0.524. The summed E-state index contributed by atoms with van der Waals surface area (Å²) < 4.78 is 11.1. The number of rotatable bonds is 5. The molecule has 0 aliphatic carbocycles. The second kappa shape index (κ2) is 6.19. The smallest absolute Gasteiger partial charge is 0.122 e. The highest BCUT2D eigenvalue weighted by Gasteiger charge is 2.23. The van der Waals surface area contributed by atoms with Crippen molar-refractivity contribution < 1.29 is 9.15 Å². The molecule has 4 nitrogen and oxygen atoms in total. The molecule has 0 spiro atoms. The molecule has 2 rings (SSSR count). The predicted molar refractivity (Wildman–Crippen MR) is 66.8 cm³/mol. The Morgan fingerprint density at radius 2 is 2.41 bits per heavy atom. The summed E-state index contributed by atoms with van der Waals surface area (Å²) >= 11 is 0. The van der Waals surface area contributed by atoms with Crippen molar-refractivity contribution in [1.29, 1.82) is 0 Å². The van der Waals surface area contributed by atoms with Gasteiger partial charge in [0.1, 0.15) is 5.76 Å². The molecular formula is C13H22N2O2. The topological polar surface area (TPSA) is 37.6 Å². The van der Waals surface area contributed by atoms with Gasteiger partial charge in [-0.25, -0.2) is 0 Å². The summed E-state index contributed by atoms with van der Waals surface area (Å²) in [4.78, 5) is 2.46. The Balaban J connectivity index is 2.00. The van der Waals surface area contributed by atoms with Gasteiger partial charge >= 0.3 is 0 Å². The molecule has 2 heterocycles. The molecule has 0 radical (unpaired) electrons. The van der Waals surface area contributed by atoms with E-state index < -0.39 is 0 Å². The average molecular weight is 238 g/mol. The largest absolute Gasteiger partial charge is 0.468 e. The molecule has 0 saturated carbocycles. The first-order chi connectivity index (χ1) is 8.35. The molecule has 4 heteroatoms. The third-order valence-corrected chi connectivity index (χ3v) is 3.37. The first-order valence-electron chi connectivity index (χ1n) is 6.36. The molecule has 0 amide bonds. The van der Waals surface area contributed by atoms with Crippen LogP contribution in [0.15, 0.2) is 16.7 Å². The van der Waals surface area contributed by atoms with E-state index >= 15 is 0 Å². The molecule has 0 bridgehead atoms. The summed E-state index contributed by atoms with van der Waals surface area (Å²) in [5.74, 6) is 1.08.